The summed E-state index contributed by atoms with van der Waals surface area (Å²) in [4.78, 5) is 17.3. The van der Waals surface area contributed by atoms with E-state index in [0.29, 0.717) is 17.4 Å². The summed E-state index contributed by atoms with van der Waals surface area (Å²) in [6.45, 7) is 0.166. The number of hydrogen-bond donors (Lipinski definition) is 3. The fraction of sp³-hybridized carbons (Fsp3) is 0.160. The molecule has 34 heavy (non-hydrogen) atoms. The van der Waals surface area contributed by atoms with Crippen LogP contribution in [0, 0.1) is 0 Å². The summed E-state index contributed by atoms with van der Waals surface area (Å²) in [6.07, 6.45) is 2.29. The summed E-state index contributed by atoms with van der Waals surface area (Å²) in [5, 5.41) is 10.1. The van der Waals surface area contributed by atoms with Crippen molar-refractivity contribution >= 4 is 21.6 Å². The summed E-state index contributed by atoms with van der Waals surface area (Å²) in [6, 6.07) is 22.4. The molecule has 1 aliphatic carbocycles. The van der Waals surface area contributed by atoms with Gasteiger partial charge in [-0.25, -0.2) is 18.1 Å². The predicted octanol–water partition coefficient (Wildman–Crippen LogP) is 4.08. The van der Waals surface area contributed by atoms with Crippen molar-refractivity contribution < 1.29 is 13.2 Å². The van der Waals surface area contributed by atoms with Crippen LogP contribution >= 0.6 is 0 Å². The number of sulfonamides is 1. The number of H-pyrrole nitrogens is 1. The Morgan fingerprint density at radius 2 is 1.74 bits per heavy atom. The molecule has 1 aliphatic rings. The molecule has 3 N–H and O–H groups in total. The lowest BCUT2D eigenvalue weighted by Crippen LogP contribution is -2.23. The first-order valence-corrected chi connectivity index (χ1v) is 12.4. The number of carbonyl (C=O) groups excluding carboxylic acids is 1. The zero-order valence-electron chi connectivity index (χ0n) is 18.2. The molecule has 8 nitrogen and oxygen atoms in total. The van der Waals surface area contributed by atoms with Gasteiger partial charge in [0.1, 0.15) is 5.82 Å². The van der Waals surface area contributed by atoms with Crippen molar-refractivity contribution in [3.63, 3.8) is 0 Å². The van der Waals surface area contributed by atoms with Crippen LogP contribution in [-0.4, -0.2) is 29.5 Å². The smallest absolute Gasteiger partial charge is 0.255 e. The molecule has 0 spiro atoms. The highest BCUT2D eigenvalue weighted by atomic mass is 32.2. The standard InChI is InChI=1S/C25H23N5O3S/c31-25(27-21-13-11-19(12-14-21)24-28-23(29-30-24)18-9-10-18)20-7-4-8-22(15-20)34(32,33)26-16-17-5-2-1-3-6-17/h1-8,11-15,18,26H,9-10,16H2,(H,27,31)(H,28,29,30). The van der Waals surface area contributed by atoms with Gasteiger partial charge in [0.2, 0.25) is 10.0 Å². The number of rotatable bonds is 8. The molecule has 0 saturated heterocycles. The molecule has 3 aromatic carbocycles. The Kier molecular flexibility index (Phi) is 5.95. The third-order valence-electron chi connectivity index (χ3n) is 5.58. The Bertz CT molecular complexity index is 1410. The van der Waals surface area contributed by atoms with Crippen LogP contribution in [0.25, 0.3) is 11.4 Å². The molecule has 9 heteroatoms. The van der Waals surface area contributed by atoms with Gasteiger partial charge in [-0.15, -0.1) is 0 Å². The normalized spacial score (nSPS) is 13.5. The second-order valence-electron chi connectivity index (χ2n) is 8.19. The lowest BCUT2D eigenvalue weighted by molar-refractivity contribution is 0.102. The number of nitrogens with one attached hydrogen (secondary N) is 3. The Morgan fingerprint density at radius 3 is 2.47 bits per heavy atom. The fourth-order valence-electron chi connectivity index (χ4n) is 3.51. The van der Waals surface area contributed by atoms with E-state index in [0.717, 1.165) is 29.8 Å². The molecule has 4 aromatic rings. The van der Waals surface area contributed by atoms with Gasteiger partial charge in [0.05, 0.1) is 4.90 Å². The Hall–Kier alpha value is -3.82. The first kappa shape index (κ1) is 22.0. The molecule has 1 fully saturated rings. The van der Waals surface area contributed by atoms with Gasteiger partial charge in [0, 0.05) is 29.3 Å². The van der Waals surface area contributed by atoms with Crippen LogP contribution < -0.4 is 10.0 Å². The van der Waals surface area contributed by atoms with E-state index in [9.17, 15) is 13.2 Å². The molecule has 0 atom stereocenters. The highest BCUT2D eigenvalue weighted by molar-refractivity contribution is 7.89. The lowest BCUT2D eigenvalue weighted by Gasteiger charge is -2.09. The van der Waals surface area contributed by atoms with Crippen molar-refractivity contribution in [2.75, 3.05) is 5.32 Å². The lowest BCUT2D eigenvalue weighted by atomic mass is 10.1. The number of benzene rings is 3. The van der Waals surface area contributed by atoms with E-state index in [4.69, 9.17) is 0 Å². The highest BCUT2D eigenvalue weighted by Crippen LogP contribution is 2.38. The zero-order chi connectivity index (χ0) is 23.5. The fourth-order valence-corrected chi connectivity index (χ4v) is 4.57. The van der Waals surface area contributed by atoms with Crippen molar-refractivity contribution in [1.82, 2.24) is 19.9 Å². The van der Waals surface area contributed by atoms with Crippen LogP contribution in [0.4, 0.5) is 5.69 Å². The van der Waals surface area contributed by atoms with Gasteiger partial charge in [-0.1, -0.05) is 36.4 Å². The third-order valence-corrected chi connectivity index (χ3v) is 6.98. The Labute approximate surface area is 197 Å². The molecule has 0 bridgehead atoms. The van der Waals surface area contributed by atoms with E-state index in [2.05, 4.69) is 25.2 Å². The van der Waals surface area contributed by atoms with E-state index in [-0.39, 0.29) is 17.0 Å². The second kappa shape index (κ2) is 9.20. The largest absolute Gasteiger partial charge is 0.322 e. The van der Waals surface area contributed by atoms with E-state index in [1.54, 1.807) is 24.3 Å². The maximum Gasteiger partial charge on any atom is 0.255 e. The molecule has 0 unspecified atom stereocenters. The third kappa shape index (κ3) is 5.05. The van der Waals surface area contributed by atoms with Gasteiger partial charge < -0.3 is 5.32 Å². The molecule has 172 valence electrons. The monoisotopic (exact) mass is 473 g/mol. The molecular formula is C25H23N5O3S. The van der Waals surface area contributed by atoms with Gasteiger partial charge in [-0.05, 0) is 60.9 Å². The first-order chi connectivity index (χ1) is 16.5. The number of carbonyl (C=O) groups is 1. The topological polar surface area (TPSA) is 117 Å². The average molecular weight is 474 g/mol. The number of anilines is 1. The van der Waals surface area contributed by atoms with Crippen LogP contribution in [0.3, 0.4) is 0 Å². The van der Waals surface area contributed by atoms with Crippen LogP contribution in [-0.2, 0) is 16.6 Å². The first-order valence-electron chi connectivity index (χ1n) is 11.0. The summed E-state index contributed by atoms with van der Waals surface area (Å²) in [5.41, 5.74) is 2.52. The van der Waals surface area contributed by atoms with Gasteiger partial charge in [-0.3, -0.25) is 9.89 Å². The van der Waals surface area contributed by atoms with Crippen molar-refractivity contribution in [1.29, 1.82) is 0 Å². The maximum absolute atomic E-state index is 12.8. The summed E-state index contributed by atoms with van der Waals surface area (Å²) < 4.78 is 28.0. The van der Waals surface area contributed by atoms with Gasteiger partial charge >= 0.3 is 0 Å². The quantitative estimate of drug-likeness (QED) is 0.357. The molecule has 5 rings (SSSR count). The number of nitrogens with zero attached hydrogens (tertiary/aromatic N) is 2. The van der Waals surface area contributed by atoms with E-state index in [1.807, 2.05) is 42.5 Å². The Morgan fingerprint density at radius 1 is 0.971 bits per heavy atom. The van der Waals surface area contributed by atoms with Crippen molar-refractivity contribution in [2.45, 2.75) is 30.2 Å². The van der Waals surface area contributed by atoms with E-state index in [1.165, 1.54) is 12.1 Å². The maximum atomic E-state index is 12.8. The molecule has 1 heterocycles. The minimum absolute atomic E-state index is 0.0301. The summed E-state index contributed by atoms with van der Waals surface area (Å²) >= 11 is 0. The number of hydrogen-bond acceptors (Lipinski definition) is 5. The van der Waals surface area contributed by atoms with Crippen molar-refractivity contribution in [2.24, 2.45) is 0 Å². The zero-order valence-corrected chi connectivity index (χ0v) is 19.0. The van der Waals surface area contributed by atoms with Crippen molar-refractivity contribution in [3.8, 4) is 11.4 Å². The van der Waals surface area contributed by atoms with Crippen LogP contribution in [0.5, 0.6) is 0 Å². The minimum atomic E-state index is -3.77. The molecular weight excluding hydrogens is 450 g/mol. The van der Waals surface area contributed by atoms with Gasteiger partial charge in [0.25, 0.3) is 5.91 Å². The number of aromatic nitrogens is 3. The number of amides is 1. The molecule has 1 amide bonds. The second-order valence-corrected chi connectivity index (χ2v) is 9.95. The Balaban J connectivity index is 1.25. The average Bonchev–Trinajstić information content (AvgIpc) is 3.60. The van der Waals surface area contributed by atoms with Crippen LogP contribution in [0.1, 0.15) is 40.5 Å². The van der Waals surface area contributed by atoms with Gasteiger partial charge in [0.15, 0.2) is 5.82 Å². The van der Waals surface area contributed by atoms with Crippen LogP contribution in [0.2, 0.25) is 0 Å². The van der Waals surface area contributed by atoms with Gasteiger partial charge in [-0.2, -0.15) is 5.10 Å². The molecule has 1 saturated carbocycles. The number of aromatic amines is 1. The van der Waals surface area contributed by atoms with E-state index >= 15 is 0 Å². The SMILES string of the molecule is O=C(Nc1ccc(-c2n[nH]c(C3CC3)n2)cc1)c1cccc(S(=O)(=O)NCc2ccccc2)c1. The minimum Gasteiger partial charge on any atom is -0.322 e. The highest BCUT2D eigenvalue weighted by Gasteiger charge is 2.27. The summed E-state index contributed by atoms with van der Waals surface area (Å²) in [7, 11) is -3.77. The molecule has 0 radical (unpaired) electrons. The summed E-state index contributed by atoms with van der Waals surface area (Å²) in [5.74, 6) is 1.64. The van der Waals surface area contributed by atoms with Crippen molar-refractivity contribution in [3.05, 3.63) is 95.8 Å². The molecule has 1 aromatic heterocycles. The van der Waals surface area contributed by atoms with E-state index < -0.39 is 15.9 Å². The predicted molar refractivity (Wildman–Crippen MR) is 129 cm³/mol. The van der Waals surface area contributed by atoms with Crippen LogP contribution in [0.15, 0.2) is 83.8 Å². The molecule has 0 aliphatic heterocycles.